The number of amides is 2. The third-order valence-electron chi connectivity index (χ3n) is 17.4. The Bertz CT molecular complexity index is 2260. The maximum Gasteiger partial charge on any atom is 0.407 e. The molecule has 0 aromatic carbocycles. The van der Waals surface area contributed by atoms with E-state index >= 15 is 0 Å². The number of fused-ring (bicyclic) bond motifs is 3. The Kier molecular flexibility index (Phi) is 36.4. The number of hydrogen-bond donors (Lipinski definition) is 3. The van der Waals surface area contributed by atoms with Crippen LogP contribution in [0.4, 0.5) is 4.79 Å². The molecule has 1 aliphatic carbocycles. The second-order valence-electron chi connectivity index (χ2n) is 24.6. The Morgan fingerprint density at radius 3 is 1.97 bits per heavy atom. The number of methoxy groups -OCH3 is 3. The third-order valence-corrected chi connectivity index (χ3v) is 17.4. The summed E-state index contributed by atoms with van der Waals surface area (Å²) in [6.45, 7) is 20.4. The van der Waals surface area contributed by atoms with Crippen LogP contribution in [-0.4, -0.2) is 219 Å². The fraction of sp³-hybridized carbons (Fsp3) is 0.791. The Labute approximate surface area is 529 Å². The maximum atomic E-state index is 14.7. The molecule has 2 bridgehead atoms. The zero-order valence-corrected chi connectivity index (χ0v) is 55.3. The zero-order valence-electron chi connectivity index (χ0n) is 55.3. The van der Waals surface area contributed by atoms with Crippen LogP contribution in [0.2, 0.25) is 0 Å². The number of esters is 1. The SMILES string of the molecule is CCCOCCOCCOCCOCCOCCOCCNC(=O)OC1CC[C@@H](C[C@@H](C)[C@@H]2CC(=O)[C@H](C)/C=C(\C)[C@@H](O)[C@@H](OC)C(=O)[C@H](C)C[C@H](C)/C=C/C=C/C=C(\C)[C@@H](OC)C[C@@H]3CC[C@@H](C)[C@@](O)(O3)C(=O)C(=O)N3CCCC[C@H]3C(=O)O2)C[C@H]1OC. The van der Waals surface area contributed by atoms with Crippen LogP contribution < -0.4 is 5.32 Å². The number of allylic oxidation sites excluding steroid dienone is 6. The summed E-state index contributed by atoms with van der Waals surface area (Å²) < 4.78 is 68.8. The number of rotatable bonds is 27. The number of nitrogens with one attached hydrogen (secondary N) is 1. The van der Waals surface area contributed by atoms with Gasteiger partial charge in [0.15, 0.2) is 5.78 Å². The third kappa shape index (κ3) is 26.3. The fourth-order valence-electron chi connectivity index (χ4n) is 12.0. The molecule has 0 radical (unpaired) electrons. The zero-order chi connectivity index (χ0) is 65.3. The average molecular weight is 1260 g/mol. The highest BCUT2D eigenvalue weighted by molar-refractivity contribution is 6.39. The van der Waals surface area contributed by atoms with Gasteiger partial charge in [0.1, 0.15) is 36.2 Å². The highest BCUT2D eigenvalue weighted by Gasteiger charge is 2.53. The second kappa shape index (κ2) is 42.0. The van der Waals surface area contributed by atoms with Crippen molar-refractivity contribution in [3.8, 4) is 0 Å². The van der Waals surface area contributed by atoms with Crippen molar-refractivity contribution in [2.45, 2.75) is 193 Å². The molecular formula is C67H110N2O20. The number of carbonyl (C=O) groups is 6. The molecular weight excluding hydrogens is 1150 g/mol. The number of alkyl carbamates (subject to hydrolysis) is 1. The summed E-state index contributed by atoms with van der Waals surface area (Å²) in [4.78, 5) is 85.9. The van der Waals surface area contributed by atoms with E-state index in [9.17, 15) is 39.0 Å². The maximum absolute atomic E-state index is 14.7. The van der Waals surface area contributed by atoms with E-state index in [0.717, 1.165) is 18.6 Å². The molecule has 1 saturated carbocycles. The van der Waals surface area contributed by atoms with Crippen molar-refractivity contribution in [3.05, 3.63) is 47.6 Å². The molecule has 4 rings (SSSR count). The second-order valence-corrected chi connectivity index (χ2v) is 24.6. The van der Waals surface area contributed by atoms with Crippen LogP contribution in [0.25, 0.3) is 0 Å². The van der Waals surface area contributed by atoms with E-state index in [0.29, 0.717) is 136 Å². The lowest BCUT2D eigenvalue weighted by Gasteiger charge is -2.42. The van der Waals surface area contributed by atoms with Gasteiger partial charge in [0.25, 0.3) is 11.7 Å². The highest BCUT2D eigenvalue weighted by atomic mass is 16.6. The molecule has 1 unspecified atom stereocenters. The highest BCUT2D eigenvalue weighted by Crippen LogP contribution is 2.38. The minimum Gasteiger partial charge on any atom is -0.460 e. The number of ether oxygens (including phenoxy) is 12. The number of cyclic esters (lactones) is 1. The minimum atomic E-state index is -2.47. The van der Waals surface area contributed by atoms with E-state index in [4.69, 9.17) is 56.8 Å². The number of aliphatic hydroxyl groups is 2. The van der Waals surface area contributed by atoms with Gasteiger partial charge in [-0.2, -0.15) is 0 Å². The first kappa shape index (κ1) is 77.1. The van der Waals surface area contributed by atoms with Gasteiger partial charge in [0.05, 0.1) is 91.0 Å². The topological polar surface area (TPSA) is 269 Å². The summed E-state index contributed by atoms with van der Waals surface area (Å²) in [5, 5.41) is 26.4. The minimum absolute atomic E-state index is 0.00269. The van der Waals surface area contributed by atoms with Gasteiger partial charge in [-0.25, -0.2) is 9.59 Å². The Morgan fingerprint density at radius 1 is 0.730 bits per heavy atom. The molecule has 3 fully saturated rings. The normalized spacial score (nSPS) is 32.6. The van der Waals surface area contributed by atoms with Crippen molar-refractivity contribution in [2.24, 2.45) is 35.5 Å². The van der Waals surface area contributed by atoms with Crippen LogP contribution in [0.15, 0.2) is 47.6 Å². The van der Waals surface area contributed by atoms with Gasteiger partial charge in [0, 0.05) is 71.6 Å². The molecule has 0 aromatic rings. The van der Waals surface area contributed by atoms with Crippen molar-refractivity contribution >= 4 is 35.3 Å². The van der Waals surface area contributed by atoms with Crippen molar-refractivity contribution in [1.29, 1.82) is 0 Å². The van der Waals surface area contributed by atoms with E-state index in [1.54, 1.807) is 48.0 Å². The molecule has 0 spiro atoms. The van der Waals surface area contributed by atoms with Gasteiger partial charge in [0.2, 0.25) is 5.79 Å². The summed E-state index contributed by atoms with van der Waals surface area (Å²) in [6, 6.07) is -1.19. The molecule has 22 nitrogen and oxygen atoms in total. The van der Waals surface area contributed by atoms with Crippen LogP contribution in [0.1, 0.15) is 139 Å². The molecule has 508 valence electrons. The van der Waals surface area contributed by atoms with Crippen LogP contribution in [0.5, 0.6) is 0 Å². The molecule has 22 heteroatoms. The van der Waals surface area contributed by atoms with Crippen LogP contribution in [0, 0.1) is 35.5 Å². The Balaban J connectivity index is 1.41. The van der Waals surface area contributed by atoms with E-state index in [1.807, 2.05) is 51.2 Å². The van der Waals surface area contributed by atoms with Crippen LogP contribution in [-0.2, 0) is 80.8 Å². The largest absolute Gasteiger partial charge is 0.460 e. The predicted molar refractivity (Wildman–Crippen MR) is 333 cm³/mol. The van der Waals surface area contributed by atoms with Gasteiger partial charge in [-0.05, 0) is 113 Å². The number of nitrogens with zero attached hydrogens (tertiary/aromatic N) is 1. The molecule has 0 aromatic heterocycles. The summed E-state index contributed by atoms with van der Waals surface area (Å²) in [5.41, 5.74) is 1.22. The van der Waals surface area contributed by atoms with Crippen molar-refractivity contribution in [2.75, 3.05) is 114 Å². The van der Waals surface area contributed by atoms with E-state index in [1.165, 1.54) is 12.0 Å². The molecule has 2 amide bonds. The first-order valence-electron chi connectivity index (χ1n) is 32.6. The number of carbonyl (C=O) groups excluding carboxylic acids is 6. The van der Waals surface area contributed by atoms with Crippen LogP contribution >= 0.6 is 0 Å². The Morgan fingerprint density at radius 2 is 1.36 bits per heavy atom. The number of piperidine rings is 1. The standard InChI is InChI=1S/C67H110N2O20/c1-12-27-81-29-31-83-33-35-85-37-38-86-36-34-84-32-30-82-28-25-68-66(76)88-56-24-22-52(42-59(56)79-10)41-48(5)58-44-55(70)47(4)40-50(7)61(72)62(80-11)60(71)49(6)39-45(2)18-14-13-15-19-46(3)57(78-9)43-53-23-21-51(8)67(77,89-53)63(73)64(74)69-26-17-16-20-54(69)65(75)87-58/h13-15,18-19,40,45,47-49,51-54,56-59,61-62,72,77H,12,16-17,20-39,41-44H2,1-11H3,(H,68,76)/b15-13+,18-14+,46-19+,50-40+/t45-,47-,48-,49-,51-,52+,53+,54+,56?,57+,58+,59-,61-,62+,67-/m1/s1. The van der Waals surface area contributed by atoms with E-state index in [-0.39, 0.29) is 55.9 Å². The molecule has 3 N–H and O–H groups in total. The van der Waals surface area contributed by atoms with Gasteiger partial charge < -0.3 is 77.3 Å². The van der Waals surface area contributed by atoms with Crippen molar-refractivity contribution in [1.82, 2.24) is 10.2 Å². The summed E-state index contributed by atoms with van der Waals surface area (Å²) in [5.74, 6) is -8.51. The molecule has 15 atom stereocenters. The number of Topliss-reactive ketones (excluding diaryl/α,β-unsaturated/α-hetero) is 3. The average Bonchev–Trinajstić information content (AvgIpc) is 1.14. The Hall–Kier alpha value is -4.30. The number of aliphatic hydroxyl groups excluding tert-OH is 1. The van der Waals surface area contributed by atoms with Gasteiger partial charge in [-0.1, -0.05) is 78.0 Å². The monoisotopic (exact) mass is 1260 g/mol. The fourth-order valence-corrected chi connectivity index (χ4v) is 12.0. The summed E-state index contributed by atoms with van der Waals surface area (Å²) in [6.07, 6.45) is 10.6. The van der Waals surface area contributed by atoms with E-state index in [2.05, 4.69) is 12.2 Å². The molecule has 4 aliphatic rings. The van der Waals surface area contributed by atoms with Crippen LogP contribution in [0.3, 0.4) is 0 Å². The number of ketones is 3. The van der Waals surface area contributed by atoms with Crippen molar-refractivity contribution < 1.29 is 95.8 Å². The van der Waals surface area contributed by atoms with Gasteiger partial charge >= 0.3 is 12.1 Å². The molecule has 2 saturated heterocycles. The predicted octanol–water partition coefficient (Wildman–Crippen LogP) is 7.42. The summed E-state index contributed by atoms with van der Waals surface area (Å²) >= 11 is 0. The lowest BCUT2D eigenvalue weighted by molar-refractivity contribution is -0.265. The molecule has 3 aliphatic heterocycles. The lowest BCUT2D eigenvalue weighted by Crippen LogP contribution is -2.61. The first-order valence-corrected chi connectivity index (χ1v) is 32.6. The molecule has 89 heavy (non-hydrogen) atoms. The van der Waals surface area contributed by atoms with Gasteiger partial charge in [-0.3, -0.25) is 19.2 Å². The smallest absolute Gasteiger partial charge is 0.407 e. The van der Waals surface area contributed by atoms with Gasteiger partial charge in [-0.15, -0.1) is 0 Å². The number of hydrogen-bond acceptors (Lipinski definition) is 20. The first-order chi connectivity index (χ1) is 42.7. The lowest BCUT2D eigenvalue weighted by atomic mass is 9.78. The summed E-state index contributed by atoms with van der Waals surface area (Å²) in [7, 11) is 4.50. The van der Waals surface area contributed by atoms with E-state index < -0.39 is 102 Å². The molecule has 3 heterocycles. The van der Waals surface area contributed by atoms with Crippen molar-refractivity contribution in [3.63, 3.8) is 0 Å². The quantitative estimate of drug-likeness (QED) is 0.0312.